The summed E-state index contributed by atoms with van der Waals surface area (Å²) < 4.78 is 0. The maximum atomic E-state index is 11.3. The predicted molar refractivity (Wildman–Crippen MR) is 53.4 cm³/mol. The van der Waals surface area contributed by atoms with Crippen LogP contribution in [0, 0.1) is 6.92 Å². The normalized spacial score (nSPS) is 12.5. The highest BCUT2D eigenvalue weighted by Crippen LogP contribution is 2.01. The molecule has 1 aromatic heterocycles. The fourth-order valence-electron chi connectivity index (χ4n) is 1.05. The maximum Gasteiger partial charge on any atom is 0.237 e. The Bertz CT molecular complexity index is 308. The van der Waals surface area contributed by atoms with Crippen molar-refractivity contribution in [3.8, 4) is 0 Å². The maximum absolute atomic E-state index is 11.3. The molecule has 1 amide bonds. The molecule has 14 heavy (non-hydrogen) atoms. The van der Waals surface area contributed by atoms with Crippen LogP contribution in [0.15, 0.2) is 6.20 Å². The summed E-state index contributed by atoms with van der Waals surface area (Å²) in [7, 11) is 0. The van der Waals surface area contributed by atoms with Crippen LogP contribution in [-0.2, 0) is 11.3 Å². The lowest BCUT2D eigenvalue weighted by Gasteiger charge is -2.09. The Hall–Kier alpha value is -1.36. The summed E-state index contributed by atoms with van der Waals surface area (Å²) in [5.74, 6) is -0.117. The Morgan fingerprint density at radius 1 is 1.79 bits per heavy atom. The van der Waals surface area contributed by atoms with Crippen LogP contribution in [0.1, 0.15) is 24.6 Å². The SMILES string of the molecule is CC[C@@H](N)C(=O)NCc1cn[nH]c1C. The molecule has 0 aliphatic rings. The van der Waals surface area contributed by atoms with E-state index in [1.165, 1.54) is 0 Å². The first-order chi connectivity index (χ1) is 6.65. The summed E-state index contributed by atoms with van der Waals surface area (Å²) >= 11 is 0. The van der Waals surface area contributed by atoms with E-state index in [2.05, 4.69) is 15.5 Å². The summed E-state index contributed by atoms with van der Waals surface area (Å²) in [6.07, 6.45) is 2.35. The van der Waals surface area contributed by atoms with E-state index in [9.17, 15) is 4.79 Å². The third kappa shape index (κ3) is 2.56. The van der Waals surface area contributed by atoms with Gasteiger partial charge in [-0.3, -0.25) is 9.89 Å². The van der Waals surface area contributed by atoms with E-state index in [1.54, 1.807) is 6.20 Å². The summed E-state index contributed by atoms with van der Waals surface area (Å²) in [5.41, 5.74) is 7.51. The lowest BCUT2D eigenvalue weighted by atomic mass is 10.2. The molecule has 78 valence electrons. The van der Waals surface area contributed by atoms with Crippen LogP contribution in [0.2, 0.25) is 0 Å². The fourth-order valence-corrected chi connectivity index (χ4v) is 1.05. The monoisotopic (exact) mass is 196 g/mol. The minimum atomic E-state index is -0.415. The van der Waals surface area contributed by atoms with Crippen molar-refractivity contribution in [3.63, 3.8) is 0 Å². The van der Waals surface area contributed by atoms with Gasteiger partial charge in [0, 0.05) is 17.8 Å². The highest BCUT2D eigenvalue weighted by atomic mass is 16.2. The first kappa shape index (κ1) is 10.7. The zero-order chi connectivity index (χ0) is 10.6. The van der Waals surface area contributed by atoms with Crippen molar-refractivity contribution < 1.29 is 4.79 Å². The van der Waals surface area contributed by atoms with Crippen LogP contribution in [0.5, 0.6) is 0 Å². The molecule has 4 N–H and O–H groups in total. The van der Waals surface area contributed by atoms with Crippen LogP contribution in [0.3, 0.4) is 0 Å². The molecular formula is C9H16N4O. The number of aromatic nitrogens is 2. The number of carbonyl (C=O) groups is 1. The van der Waals surface area contributed by atoms with Crippen molar-refractivity contribution in [1.82, 2.24) is 15.5 Å². The smallest absolute Gasteiger partial charge is 0.237 e. The van der Waals surface area contributed by atoms with Gasteiger partial charge in [0.05, 0.1) is 12.2 Å². The van der Waals surface area contributed by atoms with Crippen molar-refractivity contribution in [2.24, 2.45) is 5.73 Å². The van der Waals surface area contributed by atoms with Crippen LogP contribution in [0.4, 0.5) is 0 Å². The third-order valence-electron chi connectivity index (χ3n) is 2.16. The second-order valence-corrected chi connectivity index (χ2v) is 3.25. The summed E-state index contributed by atoms with van der Waals surface area (Å²) in [5, 5.41) is 9.41. The summed E-state index contributed by atoms with van der Waals surface area (Å²) in [6.45, 7) is 4.27. The van der Waals surface area contributed by atoms with Gasteiger partial charge in [0.25, 0.3) is 0 Å². The van der Waals surface area contributed by atoms with Gasteiger partial charge in [-0.25, -0.2) is 0 Å². The predicted octanol–water partition coefficient (Wildman–Crippen LogP) is 0.0716. The van der Waals surface area contributed by atoms with Crippen molar-refractivity contribution in [1.29, 1.82) is 0 Å². The molecule has 0 saturated carbocycles. The van der Waals surface area contributed by atoms with E-state index in [4.69, 9.17) is 5.73 Å². The topological polar surface area (TPSA) is 83.8 Å². The molecule has 0 saturated heterocycles. The van der Waals surface area contributed by atoms with E-state index in [0.717, 1.165) is 11.3 Å². The number of aromatic amines is 1. The Kier molecular flexibility index (Phi) is 3.64. The minimum absolute atomic E-state index is 0.117. The van der Waals surface area contributed by atoms with Crippen LogP contribution in [-0.4, -0.2) is 22.1 Å². The largest absolute Gasteiger partial charge is 0.351 e. The van der Waals surface area contributed by atoms with Crippen molar-refractivity contribution in [2.45, 2.75) is 32.9 Å². The lowest BCUT2D eigenvalue weighted by Crippen LogP contribution is -2.39. The van der Waals surface area contributed by atoms with Gasteiger partial charge in [-0.15, -0.1) is 0 Å². The number of aryl methyl sites for hydroxylation is 1. The molecule has 1 aromatic rings. The second kappa shape index (κ2) is 4.76. The molecule has 0 spiro atoms. The summed E-state index contributed by atoms with van der Waals surface area (Å²) in [6, 6.07) is -0.415. The molecule has 1 rings (SSSR count). The standard InChI is InChI=1S/C9H16N4O/c1-3-8(10)9(14)11-4-7-5-12-13-6(7)2/h5,8H,3-4,10H2,1-2H3,(H,11,14)(H,12,13)/t8-/m1/s1. The van der Waals surface area contributed by atoms with E-state index in [0.29, 0.717) is 13.0 Å². The lowest BCUT2D eigenvalue weighted by molar-refractivity contribution is -0.122. The first-order valence-corrected chi connectivity index (χ1v) is 4.67. The second-order valence-electron chi connectivity index (χ2n) is 3.25. The van der Waals surface area contributed by atoms with Gasteiger partial charge in [-0.1, -0.05) is 6.92 Å². The number of H-pyrrole nitrogens is 1. The zero-order valence-corrected chi connectivity index (χ0v) is 8.50. The van der Waals surface area contributed by atoms with E-state index in [1.807, 2.05) is 13.8 Å². The Labute approximate surface area is 83.1 Å². The molecular weight excluding hydrogens is 180 g/mol. The van der Waals surface area contributed by atoms with Gasteiger partial charge in [0.1, 0.15) is 0 Å². The van der Waals surface area contributed by atoms with E-state index < -0.39 is 6.04 Å². The summed E-state index contributed by atoms with van der Waals surface area (Å²) in [4.78, 5) is 11.3. The number of amides is 1. The number of nitrogens with two attached hydrogens (primary N) is 1. The molecule has 0 fully saturated rings. The molecule has 0 bridgehead atoms. The first-order valence-electron chi connectivity index (χ1n) is 4.67. The van der Waals surface area contributed by atoms with Gasteiger partial charge in [0.2, 0.25) is 5.91 Å². The van der Waals surface area contributed by atoms with E-state index in [-0.39, 0.29) is 5.91 Å². The average Bonchev–Trinajstić information content (AvgIpc) is 2.59. The highest BCUT2D eigenvalue weighted by molar-refractivity contribution is 5.81. The minimum Gasteiger partial charge on any atom is -0.351 e. The number of hydrogen-bond acceptors (Lipinski definition) is 3. The molecule has 0 radical (unpaired) electrons. The molecule has 0 unspecified atom stereocenters. The van der Waals surface area contributed by atoms with Gasteiger partial charge < -0.3 is 11.1 Å². The number of nitrogens with zero attached hydrogens (tertiary/aromatic N) is 1. The van der Waals surface area contributed by atoms with Crippen LogP contribution < -0.4 is 11.1 Å². The number of carbonyl (C=O) groups excluding carboxylic acids is 1. The fraction of sp³-hybridized carbons (Fsp3) is 0.556. The Morgan fingerprint density at radius 3 is 3.00 bits per heavy atom. The Balaban J connectivity index is 2.41. The third-order valence-corrected chi connectivity index (χ3v) is 2.16. The van der Waals surface area contributed by atoms with Crippen LogP contribution in [0.25, 0.3) is 0 Å². The van der Waals surface area contributed by atoms with Gasteiger partial charge in [-0.2, -0.15) is 5.10 Å². The van der Waals surface area contributed by atoms with Gasteiger partial charge in [-0.05, 0) is 13.3 Å². The molecule has 0 aliphatic heterocycles. The van der Waals surface area contributed by atoms with Crippen molar-refractivity contribution in [2.75, 3.05) is 0 Å². The number of nitrogens with one attached hydrogen (secondary N) is 2. The zero-order valence-electron chi connectivity index (χ0n) is 8.50. The molecule has 5 nitrogen and oxygen atoms in total. The average molecular weight is 196 g/mol. The van der Waals surface area contributed by atoms with Gasteiger partial charge in [0.15, 0.2) is 0 Å². The molecule has 5 heteroatoms. The van der Waals surface area contributed by atoms with Crippen molar-refractivity contribution >= 4 is 5.91 Å². The number of rotatable bonds is 4. The van der Waals surface area contributed by atoms with Crippen molar-refractivity contribution in [3.05, 3.63) is 17.5 Å². The number of hydrogen-bond donors (Lipinski definition) is 3. The molecule has 1 atom stereocenters. The molecule has 0 aliphatic carbocycles. The highest BCUT2D eigenvalue weighted by Gasteiger charge is 2.10. The van der Waals surface area contributed by atoms with Crippen LogP contribution >= 0.6 is 0 Å². The Morgan fingerprint density at radius 2 is 2.50 bits per heavy atom. The molecule has 0 aromatic carbocycles. The quantitative estimate of drug-likeness (QED) is 0.637. The van der Waals surface area contributed by atoms with Gasteiger partial charge >= 0.3 is 0 Å². The van der Waals surface area contributed by atoms with E-state index >= 15 is 0 Å². The molecule has 1 heterocycles.